The van der Waals surface area contributed by atoms with E-state index in [9.17, 15) is 38.7 Å². The number of esters is 7. The normalized spacial score (nSPS) is 20.5. The highest BCUT2D eigenvalue weighted by Gasteiger charge is 2.65. The third kappa shape index (κ3) is 26.2. The Morgan fingerprint density at radius 3 is 1.37 bits per heavy atom. The minimum Gasteiger partial charge on any atom is -0.508 e. The van der Waals surface area contributed by atoms with Crippen molar-refractivity contribution >= 4 is 52.6 Å². The lowest BCUT2D eigenvalue weighted by atomic mass is 9.78. The van der Waals surface area contributed by atoms with E-state index in [4.69, 9.17) is 67.1 Å². The van der Waals surface area contributed by atoms with Gasteiger partial charge in [-0.15, -0.1) is 0 Å². The average molecular weight is 1760 g/mol. The molecule has 0 spiro atoms. The number of fused-ring (bicyclic) bond motifs is 4. The predicted molar refractivity (Wildman–Crippen MR) is 491 cm³/mol. The summed E-state index contributed by atoms with van der Waals surface area (Å²) in [6, 6.07) is 42.4. The second kappa shape index (κ2) is 42.7. The van der Waals surface area contributed by atoms with Crippen LogP contribution < -0.4 is 37.9 Å². The van der Waals surface area contributed by atoms with Crippen molar-refractivity contribution in [2.75, 3.05) is 6.79 Å². The number of aromatic hydroxyl groups is 3. The number of hydrogen-bond donors (Lipinski definition) is 3. The van der Waals surface area contributed by atoms with Crippen LogP contribution in [0.1, 0.15) is 297 Å². The molecule has 0 aromatic heterocycles. The fourth-order valence-electron chi connectivity index (χ4n) is 14.8. The number of rotatable bonds is 19. The lowest BCUT2D eigenvalue weighted by Crippen LogP contribution is -2.42. The van der Waals surface area contributed by atoms with E-state index in [1.54, 1.807) is 53.6 Å². The van der Waals surface area contributed by atoms with Crippen LogP contribution in [0.15, 0.2) is 140 Å². The van der Waals surface area contributed by atoms with Gasteiger partial charge in [0.25, 0.3) is 0 Å². The van der Waals surface area contributed by atoms with E-state index in [1.807, 2.05) is 138 Å². The summed E-state index contributed by atoms with van der Waals surface area (Å²) in [6.07, 6.45) is 11.4. The van der Waals surface area contributed by atoms with Crippen molar-refractivity contribution in [1.82, 2.24) is 0 Å². The van der Waals surface area contributed by atoms with Crippen molar-refractivity contribution in [3.05, 3.63) is 162 Å². The molecular formula is C105H142O22. The number of benzene rings is 7. The Balaban J connectivity index is 0.000000180. The summed E-state index contributed by atoms with van der Waals surface area (Å²) < 4.78 is 64.6. The van der Waals surface area contributed by atoms with Gasteiger partial charge in [-0.3, -0.25) is 33.6 Å². The second-order valence-corrected chi connectivity index (χ2v) is 39.5. The van der Waals surface area contributed by atoms with Gasteiger partial charge >= 0.3 is 41.8 Å². The fraction of sp³-hybridized carbons (Fsp3) is 0.552. The number of hydrogen-bond acceptors (Lipinski definition) is 22. The third-order valence-electron chi connectivity index (χ3n) is 26.8. The lowest BCUT2D eigenvalue weighted by Gasteiger charge is -2.38. The van der Waals surface area contributed by atoms with E-state index in [0.717, 1.165) is 37.5 Å². The maximum atomic E-state index is 12.1. The van der Waals surface area contributed by atoms with E-state index in [2.05, 4.69) is 102 Å². The molecule has 3 N–H and O–H groups in total. The Morgan fingerprint density at radius 2 is 0.882 bits per heavy atom. The molecule has 7 aromatic rings. The Kier molecular flexibility index (Phi) is 34.3. The average Bonchev–Trinajstić information content (AvgIpc) is 1.56. The van der Waals surface area contributed by atoms with Gasteiger partial charge in [-0.05, 0) is 284 Å². The highest BCUT2D eigenvalue weighted by atomic mass is 16.7. The smallest absolute Gasteiger partial charge is 0.316 e. The summed E-state index contributed by atoms with van der Waals surface area (Å²) in [6.45, 7) is 51.3. The molecule has 5 heterocycles. The van der Waals surface area contributed by atoms with Crippen molar-refractivity contribution in [2.45, 2.75) is 317 Å². The number of phenolic OH excluding ortho intramolecular Hbond substituents is 3. The summed E-state index contributed by atoms with van der Waals surface area (Å²) in [4.78, 5) is 83.0. The molecule has 3 saturated heterocycles. The first-order chi connectivity index (χ1) is 59.4. The SMILES string of the molecule is CC1Cc2ccccc2C1C.CC1c2cccc3cccc(c23)C1C.CCC(C)(C)C(=O)OC(C)(C)C1CCCCC1.CCC(C)(C)C(=O)OC1C2CC3C(=O)OC1C3O2.CCC(C)(C)C(=O)Oc1cc(O)c2c(c1)OCO2.CCC(C)(C)C(=O)Oc1ccc(O)cc1.CCC(C)(C)C(=O)Oc1ccc(O)cc1.CCC(C)(C)C(=O)Oc1ccc2c(c1)OC(C)(C)O2. The van der Waals surface area contributed by atoms with Crippen LogP contribution in [0.3, 0.4) is 0 Å². The number of carbonyl (C=O) groups excluding carboxylic acids is 7. The van der Waals surface area contributed by atoms with Crippen LogP contribution in [0, 0.1) is 50.2 Å². The molecule has 127 heavy (non-hydrogen) atoms. The highest BCUT2D eigenvalue weighted by molar-refractivity contribution is 5.92. The molecule has 22 nitrogen and oxygen atoms in total. The van der Waals surface area contributed by atoms with E-state index in [-0.39, 0.29) is 106 Å². The zero-order chi connectivity index (χ0) is 94.3. The molecule has 9 atom stereocenters. The standard InChI is InChI=1S/C15H20O4.C15H28O2.C14H14.C13H18O5.C13H16O5.2C12H16O3.C11H14/c1-6-14(2,3)13(16)17-10-7-8-11-12(9-10)19-15(4,5)18-11;1-6-14(2,3)13(16)17-15(4,5)12-10-8-7-9-11-12;1-9-10(2)13-8-4-6-11-5-3-7-12(9)14(11)13;1-4-13(2,3)12(15)18-9-7-5-6-8(16-7)10(9)17-11(6)14;1-4-13(2,3)12(15)18-8-5-9(14)11-10(6-8)16-7-17-11;2*1-4-12(2,3)11(14)15-10-7-5-9(13)6-8-10;1-8-7-10-5-3-4-6-11(10)9(8)2/h7-9H,6H2,1-5H3;12H,6-11H2,1-5H3;3-10H,1-2H3;6-10H,4-5H2,1-3H3;5-6,14H,4,7H2,1-3H3;2*5-8,13H,4H2,1-3H3;3-6,8-9H,7H2,1-2H3. The van der Waals surface area contributed by atoms with Crippen LogP contribution in [-0.2, 0) is 58.9 Å². The van der Waals surface area contributed by atoms with Crippen LogP contribution in [0.5, 0.6) is 63.2 Å². The Morgan fingerprint density at radius 1 is 0.449 bits per heavy atom. The predicted octanol–water partition coefficient (Wildman–Crippen LogP) is 23.9. The molecular weight excluding hydrogens is 1610 g/mol. The molecule has 9 unspecified atom stereocenters. The largest absolute Gasteiger partial charge is 0.508 e. The van der Waals surface area contributed by atoms with Gasteiger partial charge in [0, 0.05) is 32.0 Å². The van der Waals surface area contributed by atoms with Crippen molar-refractivity contribution < 1.29 is 106 Å². The van der Waals surface area contributed by atoms with Gasteiger partial charge in [-0.1, -0.05) is 149 Å². The van der Waals surface area contributed by atoms with Crippen molar-refractivity contribution in [3.8, 4) is 63.2 Å². The minimum absolute atomic E-state index is 0.0458. The summed E-state index contributed by atoms with van der Waals surface area (Å²) in [5.74, 6) is 4.89. The van der Waals surface area contributed by atoms with Gasteiger partial charge in [0.1, 0.15) is 46.2 Å². The maximum Gasteiger partial charge on any atom is 0.316 e. The topological polar surface area (TPSA) is 291 Å². The van der Waals surface area contributed by atoms with Crippen LogP contribution in [0.4, 0.5) is 0 Å². The van der Waals surface area contributed by atoms with Crippen LogP contribution in [0.2, 0.25) is 0 Å². The molecule has 0 radical (unpaired) electrons. The van der Waals surface area contributed by atoms with Gasteiger partial charge in [-0.2, -0.15) is 0 Å². The van der Waals surface area contributed by atoms with Gasteiger partial charge in [0.2, 0.25) is 18.3 Å². The zero-order valence-electron chi connectivity index (χ0n) is 80.1. The van der Waals surface area contributed by atoms with E-state index >= 15 is 0 Å². The molecule has 694 valence electrons. The molecule has 22 heteroatoms. The van der Waals surface area contributed by atoms with E-state index in [1.165, 1.54) is 96.8 Å². The quantitative estimate of drug-likeness (QED) is 0.0385. The van der Waals surface area contributed by atoms with Gasteiger partial charge < -0.3 is 72.2 Å². The van der Waals surface area contributed by atoms with Gasteiger partial charge in [0.05, 0.1) is 44.5 Å². The van der Waals surface area contributed by atoms with Crippen molar-refractivity contribution in [1.29, 1.82) is 0 Å². The van der Waals surface area contributed by atoms with Gasteiger partial charge in [-0.25, -0.2) is 0 Å². The molecule has 1 saturated carbocycles. The van der Waals surface area contributed by atoms with Crippen molar-refractivity contribution in [2.24, 2.45) is 50.2 Å². The maximum absolute atomic E-state index is 12.1. The molecule has 0 amide bonds. The first kappa shape index (κ1) is 102. The van der Waals surface area contributed by atoms with Crippen LogP contribution >= 0.6 is 0 Å². The van der Waals surface area contributed by atoms with Crippen molar-refractivity contribution in [3.63, 3.8) is 0 Å². The molecule has 5 aliphatic heterocycles. The molecule has 8 aliphatic rings. The molecule has 15 rings (SSSR count). The van der Waals surface area contributed by atoms with E-state index in [0.29, 0.717) is 71.5 Å². The fourth-order valence-corrected chi connectivity index (χ4v) is 14.8. The second-order valence-electron chi connectivity index (χ2n) is 39.5. The monoisotopic (exact) mass is 1750 g/mol. The van der Waals surface area contributed by atoms with Gasteiger partial charge in [0.15, 0.2) is 35.2 Å². The number of ether oxygens (including phenoxy) is 12. The first-order valence-electron chi connectivity index (χ1n) is 45.4. The molecule has 3 aliphatic carbocycles. The molecule has 7 aromatic carbocycles. The summed E-state index contributed by atoms with van der Waals surface area (Å²) in [7, 11) is 0. The Hall–Kier alpha value is -10.4. The minimum atomic E-state index is -0.673. The molecule has 4 fully saturated rings. The lowest BCUT2D eigenvalue weighted by molar-refractivity contribution is -0.174. The third-order valence-corrected chi connectivity index (χ3v) is 26.8. The Bertz CT molecular complexity index is 4790. The summed E-state index contributed by atoms with van der Waals surface area (Å²) in [5.41, 5.74) is 3.03. The molecule has 2 bridgehead atoms. The first-order valence-corrected chi connectivity index (χ1v) is 45.4. The highest BCUT2D eigenvalue weighted by Crippen LogP contribution is 2.50. The number of carbonyl (C=O) groups is 7. The Labute approximate surface area is 753 Å². The zero-order valence-corrected chi connectivity index (χ0v) is 80.1. The summed E-state index contributed by atoms with van der Waals surface area (Å²) >= 11 is 0. The van der Waals surface area contributed by atoms with Crippen LogP contribution in [0.25, 0.3) is 10.8 Å². The van der Waals surface area contributed by atoms with E-state index < -0.39 is 45.1 Å². The van der Waals surface area contributed by atoms with Crippen LogP contribution in [-0.4, -0.2) is 99.7 Å². The number of phenols is 3. The summed E-state index contributed by atoms with van der Waals surface area (Å²) in [5, 5.41) is 30.7.